The molecule has 0 radical (unpaired) electrons. The van der Waals surface area contributed by atoms with Crippen molar-refractivity contribution in [1.29, 1.82) is 0 Å². The van der Waals surface area contributed by atoms with Gasteiger partial charge in [-0.05, 0) is 71.3 Å². The van der Waals surface area contributed by atoms with Gasteiger partial charge in [0.25, 0.3) is 0 Å². The van der Waals surface area contributed by atoms with E-state index in [0.717, 1.165) is 6.26 Å². The van der Waals surface area contributed by atoms with E-state index >= 15 is 0 Å². The summed E-state index contributed by atoms with van der Waals surface area (Å²) in [7, 11) is -7.20. The van der Waals surface area contributed by atoms with Crippen molar-refractivity contribution in [3.05, 3.63) is 46.5 Å². The molecule has 5 N–H and O–H groups in total. The van der Waals surface area contributed by atoms with Crippen molar-refractivity contribution >= 4 is 47.2 Å². The molecule has 2 aromatic carbocycles. The number of benzene rings is 2. The normalized spacial score (nSPS) is 20.6. The lowest BCUT2D eigenvalue weighted by atomic mass is 9.73. The highest BCUT2D eigenvalue weighted by molar-refractivity contribution is 7.86. The third-order valence-electron chi connectivity index (χ3n) is 6.31. The first-order valence-electron chi connectivity index (χ1n) is 10.7. The van der Waals surface area contributed by atoms with Crippen molar-refractivity contribution in [1.82, 2.24) is 0 Å². The maximum absolute atomic E-state index is 12.5. The third kappa shape index (κ3) is 4.55. The van der Waals surface area contributed by atoms with E-state index in [0.29, 0.717) is 11.1 Å². The van der Waals surface area contributed by atoms with E-state index in [1.807, 2.05) is 0 Å². The second kappa shape index (κ2) is 9.09. The number of phenols is 1. The molecule has 15 heteroatoms. The molecule has 2 aliphatic rings. The lowest BCUT2D eigenvalue weighted by Crippen LogP contribution is -2.39. The molecule has 4 atom stereocenters. The molecule has 2 aliphatic heterocycles. The van der Waals surface area contributed by atoms with Crippen LogP contribution in [0.4, 0.5) is 0 Å². The first-order valence-corrected chi connectivity index (χ1v) is 12.5. The number of hydrogen-bond donors (Lipinski definition) is 5. The van der Waals surface area contributed by atoms with Crippen molar-refractivity contribution in [3.63, 3.8) is 0 Å². The number of phenolic OH excluding ortho intramolecular Hbond substituents is 1. The van der Waals surface area contributed by atoms with Crippen molar-refractivity contribution in [3.8, 4) is 11.5 Å². The maximum atomic E-state index is 12.5. The molecule has 36 heavy (non-hydrogen) atoms. The van der Waals surface area contributed by atoms with Gasteiger partial charge in [-0.3, -0.25) is 9.59 Å². The van der Waals surface area contributed by atoms with Gasteiger partial charge in [0.15, 0.2) is 0 Å². The van der Waals surface area contributed by atoms with Gasteiger partial charge in [-0.15, -0.1) is 0 Å². The summed E-state index contributed by atoms with van der Waals surface area (Å²) >= 11 is 0. The van der Waals surface area contributed by atoms with Crippen molar-refractivity contribution < 1.29 is 56.9 Å². The van der Waals surface area contributed by atoms with E-state index in [9.17, 15) is 43.4 Å². The fourth-order valence-electron chi connectivity index (χ4n) is 5.04. The number of carboxylic acid groups (broad SMARTS) is 2. The van der Waals surface area contributed by atoms with Crippen LogP contribution in [0, 0.1) is 25.7 Å². The molecule has 0 spiro atoms. The fraction of sp³-hybridized carbons (Fsp3) is 0.333. The molecular weight excluding hydrogens is 498 g/mol. The van der Waals surface area contributed by atoms with Gasteiger partial charge in [-0.2, -0.15) is 8.42 Å². The second-order valence-electron chi connectivity index (χ2n) is 8.84. The van der Waals surface area contributed by atoms with Gasteiger partial charge in [0, 0.05) is 0 Å². The predicted octanol–water partition coefficient (Wildman–Crippen LogP) is -1.03. The van der Waals surface area contributed by atoms with Crippen LogP contribution < -0.4 is 15.1 Å². The summed E-state index contributed by atoms with van der Waals surface area (Å²) in [5.74, 6) is -7.04. The molecule has 0 aromatic heterocycles. The van der Waals surface area contributed by atoms with Gasteiger partial charge in [0.1, 0.15) is 23.3 Å². The largest absolute Gasteiger partial charge is 0.508 e. The number of hydrogen-bond acceptors (Lipinski definition) is 10. The van der Waals surface area contributed by atoms with Crippen LogP contribution in [-0.4, -0.2) is 66.2 Å². The van der Waals surface area contributed by atoms with Gasteiger partial charge in [0.05, 0.1) is 18.5 Å². The molecule has 190 valence electrons. The monoisotopic (exact) mass is 520 g/mol. The average Bonchev–Trinajstić information content (AvgIpc) is 3.21. The smallest absolute Gasteiger partial charge is 0.492 e. The van der Waals surface area contributed by atoms with E-state index < -0.39 is 60.3 Å². The van der Waals surface area contributed by atoms with Gasteiger partial charge in [-0.1, -0.05) is 0 Å². The molecule has 4 unspecified atom stereocenters. The Hall–Kier alpha value is -3.10. The summed E-state index contributed by atoms with van der Waals surface area (Å²) in [5.41, 5.74) is 1.22. The third-order valence-corrected chi connectivity index (χ3v) is 6.80. The SMILES string of the molecule is Cc1cc(O)cc2c1C(C(C(=O)O)C(C(=O)O)C1OB(O)c3cc(OS(C)(=O)=O)cc(C)c31)OB2O. The summed E-state index contributed by atoms with van der Waals surface area (Å²) in [6.07, 6.45) is -2.06. The molecule has 2 aromatic rings. The highest BCUT2D eigenvalue weighted by Gasteiger charge is 2.54. The molecule has 0 fully saturated rings. The Labute approximate surface area is 206 Å². The Morgan fingerprint density at radius 3 is 1.78 bits per heavy atom. The van der Waals surface area contributed by atoms with Gasteiger partial charge >= 0.3 is 36.3 Å². The van der Waals surface area contributed by atoms with E-state index in [1.165, 1.54) is 31.2 Å². The number of carbonyl (C=O) groups is 2. The standard InChI is InChI=1S/C21H22B2O12S/c1-8-4-10(24)6-12-14(8)18(33-22(12)29)16(20(25)26)17(21(27)28)19-15-9(2)5-11(35-36(3,31)32)7-13(15)23(30)34-19/h4-7,16-19,24,29-30H,1-3H3,(H,25,26)(H,27,28). The van der Waals surface area contributed by atoms with E-state index in [2.05, 4.69) is 0 Å². The summed E-state index contributed by atoms with van der Waals surface area (Å²) in [5, 5.41) is 51.1. The Kier molecular flexibility index (Phi) is 6.56. The van der Waals surface area contributed by atoms with Crippen LogP contribution in [0.5, 0.6) is 11.5 Å². The minimum atomic E-state index is -3.90. The number of aromatic hydroxyl groups is 1. The average molecular weight is 520 g/mol. The molecule has 12 nitrogen and oxygen atoms in total. The van der Waals surface area contributed by atoms with Crippen molar-refractivity contribution in [2.45, 2.75) is 26.1 Å². The van der Waals surface area contributed by atoms with Crippen LogP contribution in [0.3, 0.4) is 0 Å². The van der Waals surface area contributed by atoms with E-state index in [1.54, 1.807) is 6.92 Å². The quantitative estimate of drug-likeness (QED) is 0.220. The number of aliphatic carboxylic acids is 2. The maximum Gasteiger partial charge on any atom is 0.492 e. The van der Waals surface area contributed by atoms with Crippen molar-refractivity contribution in [2.75, 3.05) is 6.26 Å². The number of fused-ring (bicyclic) bond motifs is 2. The minimum Gasteiger partial charge on any atom is -0.508 e. The molecule has 2 heterocycles. The molecular formula is C21H22B2O12S. The summed E-state index contributed by atoms with van der Waals surface area (Å²) in [4.78, 5) is 25.0. The molecule has 0 bridgehead atoms. The molecule has 0 aliphatic carbocycles. The van der Waals surface area contributed by atoms with Crippen LogP contribution >= 0.6 is 0 Å². The fourth-order valence-corrected chi connectivity index (χ4v) is 5.48. The molecule has 0 saturated carbocycles. The van der Waals surface area contributed by atoms with Gasteiger partial charge in [-0.25, -0.2) is 0 Å². The number of rotatable bonds is 7. The Morgan fingerprint density at radius 2 is 1.33 bits per heavy atom. The highest BCUT2D eigenvalue weighted by Crippen LogP contribution is 2.45. The van der Waals surface area contributed by atoms with Crippen molar-refractivity contribution in [2.24, 2.45) is 11.8 Å². The molecule has 4 rings (SSSR count). The zero-order valence-electron chi connectivity index (χ0n) is 19.3. The van der Waals surface area contributed by atoms with Gasteiger partial charge in [0.2, 0.25) is 0 Å². The lowest BCUT2D eigenvalue weighted by molar-refractivity contribution is -0.163. The van der Waals surface area contributed by atoms with E-state index in [4.69, 9.17) is 13.5 Å². The van der Waals surface area contributed by atoms with Crippen LogP contribution in [-0.2, 0) is 29.0 Å². The summed E-state index contributed by atoms with van der Waals surface area (Å²) in [6.45, 7) is 3.06. The highest BCUT2D eigenvalue weighted by atomic mass is 32.2. The number of carboxylic acids is 2. The summed E-state index contributed by atoms with van der Waals surface area (Å²) in [6, 6.07) is 5.03. The number of aryl methyl sites for hydroxylation is 2. The van der Waals surface area contributed by atoms with Crippen LogP contribution in [0.2, 0.25) is 0 Å². The van der Waals surface area contributed by atoms with Crippen LogP contribution in [0.25, 0.3) is 0 Å². The Morgan fingerprint density at radius 1 is 0.889 bits per heavy atom. The zero-order chi connectivity index (χ0) is 26.7. The van der Waals surface area contributed by atoms with Crippen LogP contribution in [0.15, 0.2) is 24.3 Å². The lowest BCUT2D eigenvalue weighted by Gasteiger charge is -2.31. The summed E-state index contributed by atoms with van der Waals surface area (Å²) < 4.78 is 39.0. The second-order valence-corrected chi connectivity index (χ2v) is 10.4. The first-order chi connectivity index (χ1) is 16.7. The first kappa shape index (κ1) is 26.0. The molecule has 0 amide bonds. The Balaban J connectivity index is 1.82. The Bertz CT molecular complexity index is 1360. The zero-order valence-corrected chi connectivity index (χ0v) is 20.1. The van der Waals surface area contributed by atoms with E-state index in [-0.39, 0.29) is 33.6 Å². The van der Waals surface area contributed by atoms with Crippen LogP contribution in [0.1, 0.15) is 34.5 Å². The van der Waals surface area contributed by atoms with Gasteiger partial charge < -0.3 is 38.9 Å². The minimum absolute atomic E-state index is 0.0305. The topological polar surface area (TPSA) is 197 Å². The molecule has 0 saturated heterocycles. The predicted molar refractivity (Wildman–Crippen MR) is 125 cm³/mol.